The summed E-state index contributed by atoms with van der Waals surface area (Å²) in [7, 11) is 2.14. The molecule has 178 valence electrons. The van der Waals surface area contributed by atoms with Gasteiger partial charge in [0.05, 0.1) is 18.5 Å². The predicted octanol–water partition coefficient (Wildman–Crippen LogP) is 2.27. The molecule has 2 amide bonds. The Morgan fingerprint density at radius 1 is 1.09 bits per heavy atom. The Morgan fingerprint density at radius 3 is 2.52 bits per heavy atom. The molecule has 5 rings (SSSR count). The molecular weight excluding hydrogens is 418 g/mol. The highest BCUT2D eigenvalue weighted by molar-refractivity contribution is 6.00. The Labute approximate surface area is 195 Å². The topological polar surface area (TPSA) is 74.0 Å². The normalized spacial score (nSPS) is 24.9. The number of hydrogen-bond donors (Lipinski definition) is 1. The molecule has 1 saturated heterocycles. The molecule has 2 aromatic rings. The van der Waals surface area contributed by atoms with Crippen LogP contribution in [0.25, 0.3) is 11.5 Å². The Bertz CT molecular complexity index is 986. The van der Waals surface area contributed by atoms with E-state index in [-0.39, 0.29) is 17.9 Å². The number of hydrogen-bond acceptors (Lipinski definition) is 5. The number of nitrogens with one attached hydrogen (secondary N) is 1. The van der Waals surface area contributed by atoms with E-state index >= 15 is 0 Å². The van der Waals surface area contributed by atoms with Gasteiger partial charge in [0.2, 0.25) is 5.91 Å². The van der Waals surface area contributed by atoms with Crippen LogP contribution >= 0.6 is 0 Å². The summed E-state index contributed by atoms with van der Waals surface area (Å²) < 4.78 is 7.58. The fourth-order valence-electron chi connectivity index (χ4n) is 5.49. The first-order valence-electron chi connectivity index (χ1n) is 12.2. The van der Waals surface area contributed by atoms with Gasteiger partial charge in [-0.15, -0.1) is 0 Å². The molecule has 33 heavy (non-hydrogen) atoms. The number of piperazine rings is 1. The third kappa shape index (κ3) is 4.22. The summed E-state index contributed by atoms with van der Waals surface area (Å²) in [6.07, 6.45) is 5.97. The molecule has 1 atom stereocenters. The smallest absolute Gasteiger partial charge is 0.271 e. The van der Waals surface area contributed by atoms with Gasteiger partial charge in [0.15, 0.2) is 0 Å². The van der Waals surface area contributed by atoms with E-state index in [1.807, 2.05) is 40.7 Å². The molecule has 1 saturated carbocycles. The van der Waals surface area contributed by atoms with Crippen molar-refractivity contribution >= 4 is 11.8 Å². The second-order valence-corrected chi connectivity index (χ2v) is 10.00. The Morgan fingerprint density at radius 2 is 1.82 bits per heavy atom. The average Bonchev–Trinajstić information content (AvgIpc) is 3.56. The lowest BCUT2D eigenvalue weighted by Crippen LogP contribution is -2.66. The highest BCUT2D eigenvalue weighted by Crippen LogP contribution is 2.33. The van der Waals surface area contributed by atoms with Crippen LogP contribution in [0, 0.1) is 0 Å². The van der Waals surface area contributed by atoms with Gasteiger partial charge in [-0.3, -0.25) is 14.5 Å². The molecule has 0 bridgehead atoms. The lowest BCUT2D eigenvalue weighted by Gasteiger charge is -2.45. The molecular formula is C25H35N5O3. The number of carbonyl (C=O) groups is 2. The van der Waals surface area contributed by atoms with Gasteiger partial charge in [-0.25, -0.2) is 0 Å². The van der Waals surface area contributed by atoms with Gasteiger partial charge in [0.1, 0.15) is 17.0 Å². The van der Waals surface area contributed by atoms with Crippen LogP contribution in [0.2, 0.25) is 0 Å². The van der Waals surface area contributed by atoms with Gasteiger partial charge in [0, 0.05) is 45.3 Å². The molecule has 0 unspecified atom stereocenters. The Hall–Kier alpha value is -2.58. The lowest BCUT2D eigenvalue weighted by molar-refractivity contribution is -0.133. The zero-order valence-electron chi connectivity index (χ0n) is 19.8. The molecule has 0 aromatic carbocycles. The maximum Gasteiger partial charge on any atom is 0.271 e. The molecule has 3 aliphatic rings. The number of fused-ring (bicyclic) bond motifs is 1. The van der Waals surface area contributed by atoms with Crippen LogP contribution in [0.1, 0.15) is 43.1 Å². The summed E-state index contributed by atoms with van der Waals surface area (Å²) in [4.78, 5) is 34.0. The van der Waals surface area contributed by atoms with Crippen molar-refractivity contribution in [1.82, 2.24) is 24.6 Å². The van der Waals surface area contributed by atoms with Crippen molar-refractivity contribution in [3.63, 3.8) is 0 Å². The molecule has 0 radical (unpaired) electrons. The van der Waals surface area contributed by atoms with Crippen LogP contribution in [0.15, 0.2) is 34.9 Å². The summed E-state index contributed by atoms with van der Waals surface area (Å²) in [5.41, 5.74) is 0.493. The van der Waals surface area contributed by atoms with E-state index in [2.05, 4.69) is 22.2 Å². The number of likely N-dealkylation sites (N-methyl/N-ethyl adjacent to an activating group) is 1. The molecule has 1 aliphatic carbocycles. The maximum atomic E-state index is 13.7. The third-order valence-electron chi connectivity index (χ3n) is 7.70. The molecule has 0 spiro atoms. The zero-order valence-corrected chi connectivity index (χ0v) is 19.8. The summed E-state index contributed by atoms with van der Waals surface area (Å²) in [6.45, 7) is 7.69. The van der Waals surface area contributed by atoms with Crippen LogP contribution in [0.5, 0.6) is 0 Å². The molecule has 2 fully saturated rings. The lowest BCUT2D eigenvalue weighted by atomic mass is 9.94. The highest BCUT2D eigenvalue weighted by Gasteiger charge is 2.48. The van der Waals surface area contributed by atoms with E-state index in [0.29, 0.717) is 24.5 Å². The van der Waals surface area contributed by atoms with E-state index in [4.69, 9.17) is 4.42 Å². The Balaban J connectivity index is 1.43. The number of aromatic nitrogens is 1. The molecule has 4 heterocycles. The molecule has 8 nitrogen and oxygen atoms in total. The van der Waals surface area contributed by atoms with Crippen LogP contribution in [0.3, 0.4) is 0 Å². The van der Waals surface area contributed by atoms with Crippen molar-refractivity contribution in [1.29, 1.82) is 0 Å². The number of furan rings is 1. The average molecular weight is 454 g/mol. The minimum absolute atomic E-state index is 0.0501. The SMILES string of the molecule is CN1CCN(CCN2C(=O)c3ccc(-c4ccco4)n3C[C@]2(C)C(=O)NC2CCCC2)CC1. The first-order chi connectivity index (χ1) is 16.0. The van der Waals surface area contributed by atoms with Crippen molar-refractivity contribution in [2.45, 2.75) is 50.7 Å². The van der Waals surface area contributed by atoms with Gasteiger partial charge >= 0.3 is 0 Å². The minimum Gasteiger partial charge on any atom is -0.463 e. The standard InChI is InChI=1S/C25H35N5O3/c1-25(24(32)26-19-6-3-4-7-19)18-29-20(22-8-5-17-33-22)9-10-21(29)23(31)30(25)16-15-28-13-11-27(2)12-14-28/h5,8-10,17,19H,3-4,6-7,11-16,18H2,1-2H3,(H,26,32)/t25-/m1/s1. The van der Waals surface area contributed by atoms with Crippen LogP contribution in [0.4, 0.5) is 0 Å². The van der Waals surface area contributed by atoms with Crippen LogP contribution in [-0.4, -0.2) is 89.0 Å². The molecule has 2 aromatic heterocycles. The van der Waals surface area contributed by atoms with Gasteiger partial charge < -0.3 is 24.1 Å². The molecule has 2 aliphatic heterocycles. The fraction of sp³-hybridized carbons (Fsp3) is 0.600. The van der Waals surface area contributed by atoms with E-state index in [1.54, 1.807) is 6.26 Å². The number of carbonyl (C=O) groups excluding carboxylic acids is 2. The van der Waals surface area contributed by atoms with E-state index in [0.717, 1.165) is 64.1 Å². The van der Waals surface area contributed by atoms with E-state index < -0.39 is 5.54 Å². The number of amides is 2. The minimum atomic E-state index is -0.959. The summed E-state index contributed by atoms with van der Waals surface area (Å²) in [5, 5.41) is 3.27. The monoisotopic (exact) mass is 453 g/mol. The number of nitrogens with zero attached hydrogens (tertiary/aromatic N) is 4. The summed E-state index contributed by atoms with van der Waals surface area (Å²) in [5.74, 6) is 0.571. The fourth-order valence-corrected chi connectivity index (χ4v) is 5.49. The highest BCUT2D eigenvalue weighted by atomic mass is 16.3. The quantitative estimate of drug-likeness (QED) is 0.726. The second kappa shape index (κ2) is 8.99. The summed E-state index contributed by atoms with van der Waals surface area (Å²) in [6, 6.07) is 7.72. The Kier molecular flexibility index (Phi) is 6.05. The first-order valence-corrected chi connectivity index (χ1v) is 12.2. The van der Waals surface area contributed by atoms with Crippen LogP contribution in [-0.2, 0) is 11.3 Å². The van der Waals surface area contributed by atoms with Crippen molar-refractivity contribution < 1.29 is 14.0 Å². The van der Waals surface area contributed by atoms with Crippen LogP contribution < -0.4 is 5.32 Å². The maximum absolute atomic E-state index is 13.7. The van der Waals surface area contributed by atoms with E-state index in [1.165, 1.54) is 0 Å². The van der Waals surface area contributed by atoms with Gasteiger partial charge in [-0.2, -0.15) is 0 Å². The van der Waals surface area contributed by atoms with Gasteiger partial charge in [-0.05, 0) is 51.1 Å². The number of rotatable bonds is 6. The molecule has 1 N–H and O–H groups in total. The predicted molar refractivity (Wildman–Crippen MR) is 126 cm³/mol. The third-order valence-corrected chi connectivity index (χ3v) is 7.70. The largest absolute Gasteiger partial charge is 0.463 e. The summed E-state index contributed by atoms with van der Waals surface area (Å²) >= 11 is 0. The van der Waals surface area contributed by atoms with Crippen molar-refractivity contribution in [2.75, 3.05) is 46.3 Å². The zero-order chi connectivity index (χ0) is 23.0. The molecule has 8 heteroatoms. The van der Waals surface area contributed by atoms with Crippen molar-refractivity contribution in [3.05, 3.63) is 36.2 Å². The van der Waals surface area contributed by atoms with Crippen molar-refractivity contribution in [3.8, 4) is 11.5 Å². The first kappa shape index (κ1) is 22.2. The van der Waals surface area contributed by atoms with Crippen molar-refractivity contribution in [2.24, 2.45) is 0 Å². The second-order valence-electron chi connectivity index (χ2n) is 10.00. The van der Waals surface area contributed by atoms with Gasteiger partial charge in [0.25, 0.3) is 5.91 Å². The van der Waals surface area contributed by atoms with E-state index in [9.17, 15) is 9.59 Å². The van der Waals surface area contributed by atoms with Gasteiger partial charge in [-0.1, -0.05) is 12.8 Å².